The van der Waals surface area contributed by atoms with Gasteiger partial charge in [0.2, 0.25) is 0 Å². The van der Waals surface area contributed by atoms with E-state index in [-0.39, 0.29) is 27.4 Å². The summed E-state index contributed by atoms with van der Waals surface area (Å²) in [6, 6.07) is 9.42. The average molecular weight is 565 g/mol. The van der Waals surface area contributed by atoms with E-state index in [1.807, 2.05) is 6.92 Å². The van der Waals surface area contributed by atoms with Crippen molar-refractivity contribution in [2.24, 2.45) is 7.05 Å². The van der Waals surface area contributed by atoms with Crippen LogP contribution >= 0.6 is 11.3 Å². The molecule has 5 rings (SSSR count). The van der Waals surface area contributed by atoms with Crippen LogP contribution in [0.4, 0.5) is 18.3 Å². The van der Waals surface area contributed by atoms with Gasteiger partial charge in [-0.3, -0.25) is 9.40 Å². The maximum atomic E-state index is 13.5. The molecule has 0 aliphatic carbocycles. The molecule has 1 unspecified atom stereocenters. The van der Waals surface area contributed by atoms with Crippen LogP contribution in [0, 0.1) is 0 Å². The number of halogens is 3. The van der Waals surface area contributed by atoms with Crippen molar-refractivity contribution in [3.8, 4) is 22.8 Å². The van der Waals surface area contributed by atoms with Crippen LogP contribution in [0.1, 0.15) is 37.0 Å². The number of sulfonamides is 1. The largest absolute Gasteiger partial charge is 0.490 e. The third kappa shape index (κ3) is 5.20. The summed E-state index contributed by atoms with van der Waals surface area (Å²) in [5.74, 6) is 0.584. The molecule has 38 heavy (non-hydrogen) atoms. The molecular formula is C25H23F3N4O4S2. The molecule has 0 fully saturated rings. The summed E-state index contributed by atoms with van der Waals surface area (Å²) in [6.45, 7) is 1.93. The molecule has 2 aromatic heterocycles. The Balaban J connectivity index is 1.52. The number of hydrogen-bond donors (Lipinski definition) is 1. The van der Waals surface area contributed by atoms with E-state index in [2.05, 4.69) is 14.8 Å². The molecule has 0 amide bonds. The molecule has 0 bridgehead atoms. The Bertz CT molecular complexity index is 1550. The van der Waals surface area contributed by atoms with E-state index >= 15 is 0 Å². The number of anilines is 1. The predicted molar refractivity (Wildman–Crippen MR) is 136 cm³/mol. The smallest absolute Gasteiger partial charge is 0.416 e. The highest BCUT2D eigenvalue weighted by Gasteiger charge is 2.34. The third-order valence-corrected chi connectivity index (χ3v) is 8.35. The number of fused-ring (bicyclic) bond motifs is 1. The van der Waals surface area contributed by atoms with E-state index in [0.717, 1.165) is 23.5 Å². The van der Waals surface area contributed by atoms with Crippen molar-refractivity contribution in [1.82, 2.24) is 14.8 Å². The molecule has 1 aliphatic rings. The number of hydrogen-bond acceptors (Lipinski definition) is 7. The molecule has 8 nitrogen and oxygen atoms in total. The first-order valence-electron chi connectivity index (χ1n) is 11.6. The minimum atomic E-state index is -4.53. The molecule has 0 saturated carbocycles. The van der Waals surface area contributed by atoms with Crippen molar-refractivity contribution >= 4 is 26.5 Å². The Labute approximate surface area is 221 Å². The van der Waals surface area contributed by atoms with Crippen molar-refractivity contribution < 1.29 is 31.1 Å². The van der Waals surface area contributed by atoms with E-state index in [1.54, 1.807) is 24.6 Å². The Kier molecular flexibility index (Phi) is 6.82. The molecule has 2 atom stereocenters. The van der Waals surface area contributed by atoms with E-state index in [4.69, 9.17) is 9.47 Å². The van der Waals surface area contributed by atoms with Crippen molar-refractivity contribution in [2.75, 3.05) is 4.72 Å². The lowest BCUT2D eigenvalue weighted by molar-refractivity contribution is -0.137. The van der Waals surface area contributed by atoms with Crippen LogP contribution in [-0.4, -0.2) is 29.3 Å². The van der Waals surface area contributed by atoms with Gasteiger partial charge in [-0.2, -0.15) is 18.3 Å². The lowest BCUT2D eigenvalue weighted by Crippen LogP contribution is -2.28. The Morgan fingerprint density at radius 1 is 1.18 bits per heavy atom. The van der Waals surface area contributed by atoms with Gasteiger partial charge in [-0.25, -0.2) is 13.4 Å². The predicted octanol–water partition coefficient (Wildman–Crippen LogP) is 6.04. The topological polar surface area (TPSA) is 95.3 Å². The van der Waals surface area contributed by atoms with Gasteiger partial charge in [0.25, 0.3) is 10.0 Å². The average Bonchev–Trinajstić information content (AvgIpc) is 3.54. The highest BCUT2D eigenvalue weighted by atomic mass is 32.2. The molecule has 2 aromatic carbocycles. The second-order valence-corrected chi connectivity index (χ2v) is 11.3. The zero-order valence-electron chi connectivity index (χ0n) is 20.3. The van der Waals surface area contributed by atoms with Gasteiger partial charge in [-0.05, 0) is 36.8 Å². The minimum Gasteiger partial charge on any atom is -0.490 e. The first-order valence-corrected chi connectivity index (χ1v) is 14.0. The second kappa shape index (κ2) is 9.95. The SMILES string of the molecule is CC[C@@H]1CC(Oc2ccc(C(F)(F)F)cc2-c2ccnn2C)c2ccc(S(=O)(=O)Nc3nccs3)cc2O1. The van der Waals surface area contributed by atoms with Gasteiger partial charge >= 0.3 is 6.18 Å². The maximum Gasteiger partial charge on any atom is 0.416 e. The number of aromatic nitrogens is 3. The zero-order valence-corrected chi connectivity index (χ0v) is 21.9. The number of alkyl halides is 3. The van der Waals surface area contributed by atoms with Gasteiger partial charge in [0.15, 0.2) is 5.13 Å². The minimum absolute atomic E-state index is 0.00735. The summed E-state index contributed by atoms with van der Waals surface area (Å²) < 4.78 is 82.6. The van der Waals surface area contributed by atoms with Gasteiger partial charge in [-0.15, -0.1) is 11.3 Å². The van der Waals surface area contributed by atoms with Gasteiger partial charge in [0.1, 0.15) is 23.7 Å². The molecule has 0 saturated heterocycles. The molecule has 0 radical (unpaired) electrons. The maximum absolute atomic E-state index is 13.5. The number of thiazole rings is 1. The number of aryl methyl sites for hydroxylation is 1. The fourth-order valence-corrected chi connectivity index (χ4v) is 6.06. The third-order valence-electron chi connectivity index (χ3n) is 6.20. The van der Waals surface area contributed by atoms with Crippen molar-refractivity contribution in [3.05, 3.63) is 71.4 Å². The van der Waals surface area contributed by atoms with E-state index in [1.165, 1.54) is 35.3 Å². The van der Waals surface area contributed by atoms with Crippen LogP contribution in [-0.2, 0) is 23.2 Å². The molecule has 0 spiro atoms. The summed E-state index contributed by atoms with van der Waals surface area (Å²) in [7, 11) is -2.28. The van der Waals surface area contributed by atoms with Crippen molar-refractivity contribution in [3.63, 3.8) is 0 Å². The molecule has 1 N–H and O–H groups in total. The van der Waals surface area contributed by atoms with Gasteiger partial charge in [-0.1, -0.05) is 13.0 Å². The molecule has 200 valence electrons. The second-order valence-electron chi connectivity index (χ2n) is 8.68. The summed E-state index contributed by atoms with van der Waals surface area (Å²) in [6.07, 6.45) is -1.36. The first-order chi connectivity index (χ1) is 18.0. The Hall–Kier alpha value is -3.58. The molecule has 4 aromatic rings. The molecular weight excluding hydrogens is 541 g/mol. The monoisotopic (exact) mass is 564 g/mol. The number of nitrogens with zero attached hydrogens (tertiary/aromatic N) is 3. The summed E-state index contributed by atoms with van der Waals surface area (Å²) in [5, 5.41) is 5.98. The van der Waals surface area contributed by atoms with Crippen molar-refractivity contribution in [2.45, 2.75) is 43.0 Å². The molecule has 1 aliphatic heterocycles. The van der Waals surface area contributed by atoms with Gasteiger partial charge in [0, 0.05) is 48.4 Å². The number of benzene rings is 2. The number of nitrogens with one attached hydrogen (secondary N) is 1. The van der Waals surface area contributed by atoms with Crippen LogP contribution in [0.15, 0.2) is 65.1 Å². The highest BCUT2D eigenvalue weighted by molar-refractivity contribution is 7.93. The van der Waals surface area contributed by atoms with E-state index in [9.17, 15) is 21.6 Å². The normalized spacial score (nSPS) is 17.5. The standard InChI is InChI=1S/C25H23F3N4O4S2/c1-3-16-13-22(18-6-5-17(14-23(18)35-16)38(33,34)31-24-29-10-11-37-24)36-21-7-4-15(25(26,27)28)12-19(21)20-8-9-30-32(20)2/h4-12,14,16,22H,3,13H2,1-2H3,(H,29,31)/t16-,22?/m1/s1. The van der Waals surface area contributed by atoms with Crippen LogP contribution in [0.25, 0.3) is 11.3 Å². The number of rotatable bonds is 7. The van der Waals surface area contributed by atoms with Crippen LogP contribution in [0.3, 0.4) is 0 Å². The zero-order chi connectivity index (χ0) is 27.1. The van der Waals surface area contributed by atoms with Crippen LogP contribution in [0.2, 0.25) is 0 Å². The summed E-state index contributed by atoms with van der Waals surface area (Å²) in [4.78, 5) is 3.95. The summed E-state index contributed by atoms with van der Waals surface area (Å²) >= 11 is 1.15. The van der Waals surface area contributed by atoms with Gasteiger partial charge < -0.3 is 9.47 Å². The highest BCUT2D eigenvalue weighted by Crippen LogP contribution is 2.43. The number of ether oxygens (including phenoxy) is 2. The van der Waals surface area contributed by atoms with Crippen LogP contribution < -0.4 is 14.2 Å². The van der Waals surface area contributed by atoms with E-state index < -0.39 is 27.9 Å². The van der Waals surface area contributed by atoms with Crippen LogP contribution in [0.5, 0.6) is 11.5 Å². The Morgan fingerprint density at radius 3 is 2.66 bits per heavy atom. The fraction of sp³-hybridized carbons (Fsp3) is 0.280. The lowest BCUT2D eigenvalue weighted by Gasteiger charge is -2.33. The Morgan fingerprint density at radius 2 is 2.00 bits per heavy atom. The summed E-state index contributed by atoms with van der Waals surface area (Å²) in [5.41, 5.74) is 0.495. The molecule has 13 heteroatoms. The van der Waals surface area contributed by atoms with Gasteiger partial charge in [0.05, 0.1) is 16.2 Å². The molecule has 3 heterocycles. The quantitative estimate of drug-likeness (QED) is 0.294. The van der Waals surface area contributed by atoms with Crippen molar-refractivity contribution in [1.29, 1.82) is 0 Å². The fourth-order valence-electron chi connectivity index (χ4n) is 4.25. The van der Waals surface area contributed by atoms with E-state index in [0.29, 0.717) is 29.8 Å². The lowest BCUT2D eigenvalue weighted by atomic mass is 9.97. The first kappa shape index (κ1) is 26.0.